The lowest BCUT2D eigenvalue weighted by atomic mass is 10.0. The molecular weight excluding hydrogens is 143 g/mol. The zero-order chi connectivity index (χ0) is 7.68. The van der Waals surface area contributed by atoms with Crippen LogP contribution in [0.25, 0.3) is 0 Å². The second kappa shape index (κ2) is 2.58. The second-order valence-corrected chi connectivity index (χ2v) is 2.74. The number of hydrogen-bond donors (Lipinski definition) is 0. The lowest BCUT2D eigenvalue weighted by Gasteiger charge is -2.19. The zero-order valence-corrected chi connectivity index (χ0v) is 6.13. The van der Waals surface area contributed by atoms with Crippen molar-refractivity contribution in [1.29, 1.82) is 0 Å². The van der Waals surface area contributed by atoms with E-state index in [-0.39, 0.29) is 0 Å². The van der Waals surface area contributed by atoms with Gasteiger partial charge in [0.05, 0.1) is 6.54 Å². The van der Waals surface area contributed by atoms with Gasteiger partial charge in [-0.05, 0) is 23.6 Å². The fraction of sp³-hybridized carbons (Fsp3) is 0.375. The van der Waals surface area contributed by atoms with Gasteiger partial charge in [-0.3, -0.25) is 4.98 Å². The van der Waals surface area contributed by atoms with Gasteiger partial charge < -0.3 is 0 Å². The summed E-state index contributed by atoms with van der Waals surface area (Å²) in [6.45, 7) is 0.903. The number of aromatic nitrogens is 1. The second-order valence-electron chi connectivity index (χ2n) is 2.74. The fourth-order valence-corrected chi connectivity index (χ4v) is 1.35. The number of pyridine rings is 1. The molecule has 0 saturated carbocycles. The van der Waals surface area contributed by atoms with Gasteiger partial charge in [0.15, 0.2) is 0 Å². The lowest BCUT2D eigenvalue weighted by Crippen LogP contribution is -2.23. The van der Waals surface area contributed by atoms with Crippen LogP contribution in [-0.4, -0.2) is 16.7 Å². The third kappa shape index (κ3) is 1.24. The molecule has 0 atom stereocenters. The van der Waals surface area contributed by atoms with Crippen molar-refractivity contribution in [3.8, 4) is 0 Å². The van der Waals surface area contributed by atoms with E-state index in [2.05, 4.69) is 4.98 Å². The predicted octanol–water partition coefficient (Wildman–Crippen LogP) is 1.32. The van der Waals surface area contributed by atoms with Crippen molar-refractivity contribution in [2.75, 3.05) is 6.54 Å². The molecule has 0 aromatic carbocycles. The summed E-state index contributed by atoms with van der Waals surface area (Å²) >= 11 is 0. The SMILES string of the molecule is FN1CCc2ccncc2C1. The molecule has 2 rings (SSSR count). The van der Waals surface area contributed by atoms with Crippen LogP contribution in [0.1, 0.15) is 11.1 Å². The number of fused-ring (bicyclic) bond motifs is 1. The molecule has 11 heavy (non-hydrogen) atoms. The topological polar surface area (TPSA) is 16.1 Å². The van der Waals surface area contributed by atoms with Gasteiger partial charge >= 0.3 is 0 Å². The van der Waals surface area contributed by atoms with E-state index in [1.807, 2.05) is 6.07 Å². The van der Waals surface area contributed by atoms with Gasteiger partial charge in [-0.15, -0.1) is 9.60 Å². The summed E-state index contributed by atoms with van der Waals surface area (Å²) in [4.78, 5) is 3.94. The summed E-state index contributed by atoms with van der Waals surface area (Å²) in [7, 11) is 0. The molecule has 0 unspecified atom stereocenters. The largest absolute Gasteiger partial charge is 0.264 e. The highest BCUT2D eigenvalue weighted by Gasteiger charge is 2.14. The van der Waals surface area contributed by atoms with Crippen molar-refractivity contribution in [3.63, 3.8) is 0 Å². The number of halogens is 1. The summed E-state index contributed by atoms with van der Waals surface area (Å²) in [5.74, 6) is 0. The third-order valence-corrected chi connectivity index (χ3v) is 1.97. The normalized spacial score (nSPS) is 17.9. The van der Waals surface area contributed by atoms with Crippen LogP contribution in [0.15, 0.2) is 18.5 Å². The highest BCUT2D eigenvalue weighted by atomic mass is 19.2. The van der Waals surface area contributed by atoms with Crippen LogP contribution in [0.3, 0.4) is 0 Å². The van der Waals surface area contributed by atoms with Crippen LogP contribution in [0, 0.1) is 0 Å². The Hall–Kier alpha value is -0.960. The van der Waals surface area contributed by atoms with Crippen molar-refractivity contribution in [3.05, 3.63) is 29.6 Å². The van der Waals surface area contributed by atoms with Crippen LogP contribution in [0.2, 0.25) is 0 Å². The van der Waals surface area contributed by atoms with Gasteiger partial charge in [0.25, 0.3) is 0 Å². The Balaban J connectivity index is 2.34. The Kier molecular flexibility index (Phi) is 1.58. The van der Waals surface area contributed by atoms with E-state index in [9.17, 15) is 4.48 Å². The van der Waals surface area contributed by atoms with Gasteiger partial charge in [-0.1, -0.05) is 0 Å². The molecule has 1 aromatic heterocycles. The molecule has 0 N–H and O–H groups in total. The molecule has 0 radical (unpaired) electrons. The monoisotopic (exact) mass is 152 g/mol. The molecule has 0 aliphatic carbocycles. The highest BCUT2D eigenvalue weighted by Crippen LogP contribution is 2.16. The molecule has 0 fully saturated rings. The maximum Gasteiger partial charge on any atom is 0.0559 e. The highest BCUT2D eigenvalue weighted by molar-refractivity contribution is 5.24. The van der Waals surface area contributed by atoms with E-state index in [1.54, 1.807) is 12.4 Å². The molecule has 0 spiro atoms. The molecule has 0 saturated heterocycles. The van der Waals surface area contributed by atoms with Gasteiger partial charge in [0.1, 0.15) is 0 Å². The molecule has 2 heterocycles. The summed E-state index contributed by atoms with van der Waals surface area (Å²) in [5.41, 5.74) is 2.25. The van der Waals surface area contributed by atoms with Crippen molar-refractivity contribution in [1.82, 2.24) is 10.1 Å². The first kappa shape index (κ1) is 6.73. The summed E-state index contributed by atoms with van der Waals surface area (Å²) in [5, 5.41) is 0.823. The minimum absolute atomic E-state index is 0.392. The van der Waals surface area contributed by atoms with Gasteiger partial charge in [0.2, 0.25) is 0 Å². The fourth-order valence-electron chi connectivity index (χ4n) is 1.35. The van der Waals surface area contributed by atoms with Crippen molar-refractivity contribution >= 4 is 0 Å². The van der Waals surface area contributed by atoms with Gasteiger partial charge in [-0.25, -0.2) is 0 Å². The van der Waals surface area contributed by atoms with Crippen LogP contribution in [0.5, 0.6) is 0 Å². The molecule has 1 aromatic rings. The summed E-state index contributed by atoms with van der Waals surface area (Å²) < 4.78 is 12.7. The molecule has 58 valence electrons. The van der Waals surface area contributed by atoms with Crippen molar-refractivity contribution < 1.29 is 4.48 Å². The average molecular weight is 152 g/mol. The maximum atomic E-state index is 12.7. The van der Waals surface area contributed by atoms with E-state index in [0.29, 0.717) is 13.1 Å². The molecule has 0 amide bonds. The first-order chi connectivity index (χ1) is 5.36. The molecular formula is C8H9FN2. The van der Waals surface area contributed by atoms with Crippen molar-refractivity contribution in [2.45, 2.75) is 13.0 Å². The maximum absolute atomic E-state index is 12.7. The number of hydrogen-bond acceptors (Lipinski definition) is 2. The average Bonchev–Trinajstić information content (AvgIpc) is 2.04. The molecule has 3 heteroatoms. The molecule has 1 aliphatic rings. The quantitative estimate of drug-likeness (QED) is 0.521. The Labute approximate surface area is 64.6 Å². The van der Waals surface area contributed by atoms with Gasteiger partial charge in [-0.2, -0.15) is 0 Å². The Morgan fingerprint density at radius 2 is 2.36 bits per heavy atom. The lowest BCUT2D eigenvalue weighted by molar-refractivity contribution is 0.0102. The Morgan fingerprint density at radius 1 is 1.45 bits per heavy atom. The summed E-state index contributed by atoms with van der Waals surface area (Å²) in [6, 6.07) is 1.96. The first-order valence-corrected chi connectivity index (χ1v) is 3.69. The van der Waals surface area contributed by atoms with Gasteiger partial charge in [0, 0.05) is 18.9 Å². The molecule has 0 bridgehead atoms. The first-order valence-electron chi connectivity index (χ1n) is 3.69. The van der Waals surface area contributed by atoms with Crippen molar-refractivity contribution in [2.24, 2.45) is 0 Å². The number of nitrogens with zero attached hydrogens (tertiary/aromatic N) is 2. The number of rotatable bonds is 0. The Morgan fingerprint density at radius 3 is 3.27 bits per heavy atom. The summed E-state index contributed by atoms with van der Waals surface area (Å²) in [6.07, 6.45) is 4.29. The van der Waals surface area contributed by atoms with E-state index in [1.165, 1.54) is 5.56 Å². The molecule has 1 aliphatic heterocycles. The van der Waals surface area contributed by atoms with Crippen LogP contribution in [0.4, 0.5) is 4.48 Å². The standard InChI is InChI=1S/C8H9FN2/c9-11-4-2-7-1-3-10-5-8(7)6-11/h1,3,5H,2,4,6H2. The zero-order valence-electron chi connectivity index (χ0n) is 6.13. The third-order valence-electron chi connectivity index (χ3n) is 1.97. The minimum Gasteiger partial charge on any atom is -0.264 e. The predicted molar refractivity (Wildman–Crippen MR) is 39.5 cm³/mol. The van der Waals surface area contributed by atoms with E-state index >= 15 is 0 Å². The van der Waals surface area contributed by atoms with Crippen LogP contribution < -0.4 is 0 Å². The van der Waals surface area contributed by atoms with Crippen LogP contribution in [-0.2, 0) is 13.0 Å². The molecule has 2 nitrogen and oxygen atoms in total. The Bertz CT molecular complexity index is 262. The van der Waals surface area contributed by atoms with E-state index in [4.69, 9.17) is 0 Å². The minimum atomic E-state index is 0.392. The smallest absolute Gasteiger partial charge is 0.0559 e. The van der Waals surface area contributed by atoms with Crippen LogP contribution >= 0.6 is 0 Å². The van der Waals surface area contributed by atoms with E-state index in [0.717, 1.165) is 17.1 Å². The van der Waals surface area contributed by atoms with E-state index < -0.39 is 0 Å².